The molecule has 0 spiro atoms. The van der Waals surface area contributed by atoms with Gasteiger partial charge in [-0.05, 0) is 73.1 Å². The zero-order valence-corrected chi connectivity index (χ0v) is 23.1. The Morgan fingerprint density at radius 3 is 2.18 bits per heavy atom. The van der Waals surface area contributed by atoms with E-state index < -0.39 is 0 Å². The van der Waals surface area contributed by atoms with Gasteiger partial charge in [-0.2, -0.15) is 0 Å². The Balaban J connectivity index is 1.81. The van der Waals surface area contributed by atoms with E-state index in [2.05, 4.69) is 72.1 Å². The smallest absolute Gasteiger partial charge is 0.0703 e. The Morgan fingerprint density at radius 1 is 0.848 bits per heavy atom. The van der Waals surface area contributed by atoms with Gasteiger partial charge in [0, 0.05) is 38.3 Å². The summed E-state index contributed by atoms with van der Waals surface area (Å²) in [5.41, 5.74) is -0.0722. The molecule has 6 nitrogen and oxygen atoms in total. The minimum absolute atomic E-state index is 0.0722. The van der Waals surface area contributed by atoms with Gasteiger partial charge in [0.15, 0.2) is 0 Å². The lowest BCUT2D eigenvalue weighted by atomic mass is 10.0. The van der Waals surface area contributed by atoms with Crippen molar-refractivity contribution in [2.24, 2.45) is 11.8 Å². The highest BCUT2D eigenvalue weighted by Crippen LogP contribution is 2.23. The van der Waals surface area contributed by atoms with Crippen molar-refractivity contribution < 1.29 is 18.9 Å². The van der Waals surface area contributed by atoms with Crippen molar-refractivity contribution in [1.29, 1.82) is 0 Å². The molecule has 0 N–H and O–H groups in total. The molecular formula is C27H54N2O4. The normalized spacial score (nSPS) is 30.0. The van der Waals surface area contributed by atoms with Gasteiger partial charge in [-0.15, -0.1) is 0 Å². The maximum absolute atomic E-state index is 6.26. The largest absolute Gasteiger partial charge is 0.378 e. The second-order valence-corrected chi connectivity index (χ2v) is 12.1. The van der Waals surface area contributed by atoms with E-state index in [1.54, 1.807) is 0 Å². The molecule has 0 saturated carbocycles. The van der Waals surface area contributed by atoms with Crippen molar-refractivity contribution in [2.45, 2.75) is 111 Å². The fourth-order valence-electron chi connectivity index (χ4n) is 4.74. The highest BCUT2D eigenvalue weighted by molar-refractivity contribution is 4.84. The molecule has 0 aromatic rings. The second-order valence-electron chi connectivity index (χ2n) is 12.1. The van der Waals surface area contributed by atoms with E-state index in [1.165, 1.54) is 0 Å². The van der Waals surface area contributed by atoms with E-state index >= 15 is 0 Å². The molecule has 6 heteroatoms. The van der Waals surface area contributed by atoms with Crippen LogP contribution in [0.15, 0.2) is 0 Å². The Kier molecular flexibility index (Phi) is 12.1. The first-order valence-corrected chi connectivity index (χ1v) is 13.4. The minimum atomic E-state index is -0.0722. The Hall–Kier alpha value is -0.240. The lowest BCUT2D eigenvalue weighted by molar-refractivity contribution is -0.0890. The summed E-state index contributed by atoms with van der Waals surface area (Å²) in [5.74, 6) is 1.04. The zero-order chi connectivity index (χ0) is 24.6. The van der Waals surface area contributed by atoms with E-state index in [0.717, 1.165) is 65.4 Å². The molecule has 2 rings (SSSR count). The molecule has 0 amide bonds. The predicted molar refractivity (Wildman–Crippen MR) is 136 cm³/mol. The van der Waals surface area contributed by atoms with Crippen molar-refractivity contribution in [3.63, 3.8) is 0 Å². The summed E-state index contributed by atoms with van der Waals surface area (Å²) in [6, 6.07) is 0.939. The van der Waals surface area contributed by atoms with Crippen LogP contribution in [-0.4, -0.2) is 98.4 Å². The number of rotatable bonds is 12. The maximum atomic E-state index is 6.26. The van der Waals surface area contributed by atoms with Gasteiger partial charge in [-0.3, -0.25) is 9.80 Å². The molecule has 0 aliphatic carbocycles. The van der Waals surface area contributed by atoms with Crippen LogP contribution in [0, 0.1) is 11.8 Å². The van der Waals surface area contributed by atoms with Crippen LogP contribution in [0.2, 0.25) is 0 Å². The Labute approximate surface area is 204 Å². The summed E-state index contributed by atoms with van der Waals surface area (Å²) in [6.07, 6.45) is 3.12. The first-order chi connectivity index (χ1) is 15.4. The van der Waals surface area contributed by atoms with Gasteiger partial charge >= 0.3 is 0 Å². The summed E-state index contributed by atoms with van der Waals surface area (Å²) in [6.45, 7) is 27.1. The third-order valence-corrected chi connectivity index (χ3v) is 6.64. The Morgan fingerprint density at radius 2 is 1.52 bits per heavy atom. The summed E-state index contributed by atoms with van der Waals surface area (Å²) < 4.78 is 24.2. The maximum Gasteiger partial charge on any atom is 0.0703 e. The van der Waals surface area contributed by atoms with Gasteiger partial charge in [-0.1, -0.05) is 13.8 Å². The van der Waals surface area contributed by atoms with Gasteiger partial charge < -0.3 is 18.9 Å². The van der Waals surface area contributed by atoms with Gasteiger partial charge in [0.05, 0.1) is 50.3 Å². The number of hydrogen-bond acceptors (Lipinski definition) is 6. The molecular weight excluding hydrogens is 416 g/mol. The van der Waals surface area contributed by atoms with Crippen LogP contribution < -0.4 is 0 Å². The van der Waals surface area contributed by atoms with Crippen molar-refractivity contribution in [1.82, 2.24) is 9.80 Å². The molecule has 0 bridgehead atoms. The number of morpholine rings is 2. The molecule has 2 aliphatic heterocycles. The van der Waals surface area contributed by atoms with Crippen LogP contribution in [-0.2, 0) is 18.9 Å². The van der Waals surface area contributed by atoms with Crippen molar-refractivity contribution in [3.05, 3.63) is 0 Å². The summed E-state index contributed by atoms with van der Waals surface area (Å²) in [4.78, 5) is 5.24. The third-order valence-electron chi connectivity index (χ3n) is 6.64. The molecule has 0 radical (unpaired) electrons. The summed E-state index contributed by atoms with van der Waals surface area (Å²) in [7, 11) is 0. The summed E-state index contributed by atoms with van der Waals surface area (Å²) in [5, 5.41) is 0. The third kappa shape index (κ3) is 11.4. The average molecular weight is 471 g/mol. The lowest BCUT2D eigenvalue weighted by Crippen LogP contribution is -2.52. The lowest BCUT2D eigenvalue weighted by Gasteiger charge is -2.42. The van der Waals surface area contributed by atoms with Gasteiger partial charge in [0.1, 0.15) is 0 Å². The number of nitrogens with zero attached hydrogens (tertiary/aromatic N) is 2. The molecule has 2 saturated heterocycles. The van der Waals surface area contributed by atoms with E-state index in [9.17, 15) is 0 Å². The van der Waals surface area contributed by atoms with Gasteiger partial charge in [0.25, 0.3) is 0 Å². The molecule has 196 valence electrons. The van der Waals surface area contributed by atoms with E-state index in [0.29, 0.717) is 42.2 Å². The van der Waals surface area contributed by atoms with E-state index in [1.807, 2.05) is 0 Å². The predicted octanol–water partition coefficient (Wildman–Crippen LogP) is 4.46. The highest BCUT2D eigenvalue weighted by Gasteiger charge is 2.31. The van der Waals surface area contributed by atoms with Crippen LogP contribution >= 0.6 is 0 Å². The van der Waals surface area contributed by atoms with Crippen LogP contribution in [0.3, 0.4) is 0 Å². The molecule has 2 aliphatic rings. The SMILES string of the molecule is CC(C)OC[C@H](C)CN1C[C@@H](C)OC[C@@H]1CC[C@H]1CN(C[C@@H](C)COC(C)(C)C)[C@@H](C)CO1. The molecule has 0 aromatic carbocycles. The first-order valence-electron chi connectivity index (χ1n) is 13.4. The average Bonchev–Trinajstić information content (AvgIpc) is 2.72. The first kappa shape index (κ1) is 29.0. The molecule has 2 fully saturated rings. The molecule has 2 heterocycles. The Bertz CT molecular complexity index is 539. The van der Waals surface area contributed by atoms with Gasteiger partial charge in [-0.25, -0.2) is 0 Å². The molecule has 33 heavy (non-hydrogen) atoms. The minimum Gasteiger partial charge on any atom is -0.378 e. The second kappa shape index (κ2) is 13.7. The van der Waals surface area contributed by atoms with Crippen LogP contribution in [0.25, 0.3) is 0 Å². The standard InChI is InChI=1S/C27H54N2O4/c1-20(2)30-16-21(3)13-29-14-24(6)31-19-25(29)10-11-26-15-28(23(5)18-32-26)12-22(4)17-33-27(7,8)9/h20-26H,10-19H2,1-9H3/t21-,22-,23+,24-,25+,26+/m1/s1. The van der Waals surface area contributed by atoms with Crippen molar-refractivity contribution >= 4 is 0 Å². The zero-order valence-electron chi connectivity index (χ0n) is 23.1. The topological polar surface area (TPSA) is 43.4 Å². The van der Waals surface area contributed by atoms with E-state index in [4.69, 9.17) is 18.9 Å². The fourth-order valence-corrected chi connectivity index (χ4v) is 4.74. The van der Waals surface area contributed by atoms with Gasteiger partial charge in [0.2, 0.25) is 0 Å². The number of ether oxygens (including phenoxy) is 4. The summed E-state index contributed by atoms with van der Waals surface area (Å²) >= 11 is 0. The fraction of sp³-hybridized carbons (Fsp3) is 1.00. The molecule has 0 aromatic heterocycles. The van der Waals surface area contributed by atoms with Crippen molar-refractivity contribution in [2.75, 3.05) is 52.6 Å². The van der Waals surface area contributed by atoms with Crippen molar-refractivity contribution in [3.8, 4) is 0 Å². The monoisotopic (exact) mass is 470 g/mol. The number of hydrogen-bond donors (Lipinski definition) is 0. The molecule has 6 atom stereocenters. The van der Waals surface area contributed by atoms with Crippen LogP contribution in [0.1, 0.15) is 75.2 Å². The molecule has 0 unspecified atom stereocenters. The van der Waals surface area contributed by atoms with E-state index in [-0.39, 0.29) is 5.60 Å². The quantitative estimate of drug-likeness (QED) is 0.420. The highest BCUT2D eigenvalue weighted by atomic mass is 16.5. The van der Waals surface area contributed by atoms with Crippen LogP contribution in [0.4, 0.5) is 0 Å². The van der Waals surface area contributed by atoms with Crippen LogP contribution in [0.5, 0.6) is 0 Å².